The molecule has 0 aromatic carbocycles. The summed E-state index contributed by atoms with van der Waals surface area (Å²) in [5, 5.41) is 1.19. The first-order valence-corrected chi connectivity index (χ1v) is 4.43. The van der Waals surface area contributed by atoms with Crippen molar-refractivity contribution in [3.05, 3.63) is 0 Å². The number of hydrogen-bond donors (Lipinski definition) is 0. The first-order chi connectivity index (χ1) is 6.33. The van der Waals surface area contributed by atoms with Gasteiger partial charge in [0.05, 0.1) is 0 Å². The Hall–Kier alpha value is -0.201. The molecule has 13 heavy (non-hydrogen) atoms. The van der Waals surface area contributed by atoms with Gasteiger partial charge in [-0.15, -0.1) is 0 Å². The van der Waals surface area contributed by atoms with Gasteiger partial charge in [-0.3, -0.25) is 0 Å². The van der Waals surface area contributed by atoms with E-state index in [1.807, 2.05) is 42.4 Å². The molecular formula is C4H4B8O. The Bertz CT molecular complexity index is 460. The van der Waals surface area contributed by atoms with E-state index in [1.165, 1.54) is 10.7 Å². The maximum atomic E-state index is 5.60. The van der Waals surface area contributed by atoms with E-state index in [1.54, 1.807) is 0 Å². The van der Waals surface area contributed by atoms with Gasteiger partial charge < -0.3 is 0 Å². The van der Waals surface area contributed by atoms with E-state index in [0.29, 0.717) is 0 Å². The maximum absolute atomic E-state index is 5.60. The molecule has 2 aromatic rings. The number of fused-ring (bicyclic) bond motifs is 1. The predicted molar refractivity (Wildman–Crippen MR) is 69.5 cm³/mol. The van der Waals surface area contributed by atoms with E-state index in [9.17, 15) is 0 Å². The summed E-state index contributed by atoms with van der Waals surface area (Å²) in [6.07, 6.45) is 0. The van der Waals surface area contributed by atoms with Crippen LogP contribution in [0.4, 0.5) is 0 Å². The minimum absolute atomic E-state index is 0.966. The zero-order valence-electron chi connectivity index (χ0n) is 7.87. The Morgan fingerprint density at radius 3 is 2.77 bits per heavy atom. The molecule has 0 atom stereocenters. The minimum atomic E-state index is 0.966. The SMILES string of the molecule is B/B=B\c1c(B)oc2bbbbc12. The monoisotopic (exact) mass is 156 g/mol. The van der Waals surface area contributed by atoms with Crippen LogP contribution in [0.25, 0.3) is 10.8 Å². The molecule has 0 bridgehead atoms. The molecule has 0 fully saturated rings. The van der Waals surface area contributed by atoms with Crippen molar-refractivity contribution in [3.8, 4) is 0 Å². The Balaban J connectivity index is 2.78. The second-order valence-corrected chi connectivity index (χ2v) is 3.07. The molecule has 50 valence electrons. The van der Waals surface area contributed by atoms with E-state index < -0.39 is 0 Å². The molecule has 0 amide bonds. The summed E-state index contributed by atoms with van der Waals surface area (Å²) < 4.78 is 5.60. The fourth-order valence-corrected chi connectivity index (χ4v) is 1.56. The molecule has 1 nitrogen and oxygen atoms in total. The molecular weight excluding hydrogens is 151 g/mol. The summed E-state index contributed by atoms with van der Waals surface area (Å²) in [7, 11) is 4.01. The van der Waals surface area contributed by atoms with Gasteiger partial charge in [-0.25, -0.2) is 0 Å². The van der Waals surface area contributed by atoms with E-state index in [2.05, 4.69) is 13.6 Å². The fourth-order valence-electron chi connectivity index (χ4n) is 1.56. The van der Waals surface area contributed by atoms with Crippen LogP contribution in [0.5, 0.6) is 0 Å². The third-order valence-electron chi connectivity index (χ3n) is 2.15. The Kier molecular flexibility index (Phi) is 2.80. The van der Waals surface area contributed by atoms with Crippen molar-refractivity contribution in [1.29, 1.82) is 0 Å². The van der Waals surface area contributed by atoms with E-state index in [0.717, 1.165) is 11.1 Å². The molecule has 0 radical (unpaired) electrons. The molecule has 9 heteroatoms. The number of rotatable bonds is 1. The summed E-state index contributed by atoms with van der Waals surface area (Å²) in [4.78, 5) is 0. The van der Waals surface area contributed by atoms with Crippen LogP contribution in [0.1, 0.15) is 0 Å². The van der Waals surface area contributed by atoms with Crippen LogP contribution >= 0.6 is 0 Å². The van der Waals surface area contributed by atoms with Gasteiger partial charge in [0.25, 0.3) is 0 Å². The van der Waals surface area contributed by atoms with Crippen LogP contribution in [0.3, 0.4) is 0 Å². The molecule has 0 spiro atoms. The van der Waals surface area contributed by atoms with Crippen molar-refractivity contribution >= 4 is 77.9 Å². The summed E-state index contributed by atoms with van der Waals surface area (Å²) >= 11 is 0. The van der Waals surface area contributed by atoms with Gasteiger partial charge in [-0.1, -0.05) is 0 Å². The summed E-state index contributed by atoms with van der Waals surface area (Å²) in [5.74, 6) is 0. The van der Waals surface area contributed by atoms with E-state index >= 15 is 0 Å². The van der Waals surface area contributed by atoms with Gasteiger partial charge in [0.15, 0.2) is 0 Å². The second kappa shape index (κ2) is 3.89. The molecule has 2 aromatic heterocycles. The molecule has 0 N–H and O–H groups in total. The zero-order chi connectivity index (χ0) is 9.26. The fraction of sp³-hybridized carbons (Fsp3) is 0. The van der Waals surface area contributed by atoms with Gasteiger partial charge in [-0.05, 0) is 0 Å². The molecule has 2 heterocycles. The van der Waals surface area contributed by atoms with Gasteiger partial charge >= 0.3 is 82.3 Å². The summed E-state index contributed by atoms with van der Waals surface area (Å²) in [5.41, 5.74) is 3.14. The van der Waals surface area contributed by atoms with Crippen molar-refractivity contribution in [2.45, 2.75) is 0 Å². The van der Waals surface area contributed by atoms with Gasteiger partial charge in [-0.2, -0.15) is 0 Å². The van der Waals surface area contributed by atoms with Crippen molar-refractivity contribution in [1.82, 2.24) is 0 Å². The normalized spacial score (nSPS) is 8.92. The average Bonchev–Trinajstić information content (AvgIpc) is 2.44. The van der Waals surface area contributed by atoms with Crippen LogP contribution < -0.4 is 11.1 Å². The third-order valence-corrected chi connectivity index (χ3v) is 2.15. The molecule has 2 rings (SSSR count). The molecule has 0 aliphatic rings. The third kappa shape index (κ3) is 1.70. The van der Waals surface area contributed by atoms with Crippen molar-refractivity contribution in [2.24, 2.45) is 0 Å². The van der Waals surface area contributed by atoms with Crippen LogP contribution in [0.15, 0.2) is 4.42 Å². The van der Waals surface area contributed by atoms with E-state index in [-0.39, 0.29) is 0 Å². The first kappa shape index (κ1) is 9.36. The van der Waals surface area contributed by atoms with Crippen molar-refractivity contribution in [3.63, 3.8) is 0 Å². The summed E-state index contributed by atoms with van der Waals surface area (Å²) in [6, 6.07) is 0. The van der Waals surface area contributed by atoms with Gasteiger partial charge in [0.2, 0.25) is 0 Å². The molecule has 0 aliphatic heterocycles. The summed E-state index contributed by atoms with van der Waals surface area (Å²) in [6.45, 7) is 12.2. The second-order valence-electron chi connectivity index (χ2n) is 3.07. The van der Waals surface area contributed by atoms with Gasteiger partial charge in [0, 0.05) is 0 Å². The molecule has 0 unspecified atom stereocenters. The van der Waals surface area contributed by atoms with Crippen molar-refractivity contribution < 1.29 is 4.42 Å². The standard InChI is InChI=1S/C4H4B8O/c5-3-1(7-10-6)2-4(13-3)9-12-11-8-2/h5-6H2. The van der Waals surface area contributed by atoms with Crippen LogP contribution in [-0.4, -0.2) is 56.0 Å². The Morgan fingerprint density at radius 2 is 2.00 bits per heavy atom. The van der Waals surface area contributed by atoms with Crippen LogP contribution in [0, 0.1) is 0 Å². The van der Waals surface area contributed by atoms with Gasteiger partial charge in [0.1, 0.15) is 0 Å². The molecule has 0 saturated carbocycles. The van der Waals surface area contributed by atoms with Crippen LogP contribution in [-0.2, 0) is 0 Å². The number of furan rings is 1. The molecule has 0 saturated heterocycles. The first-order valence-electron chi connectivity index (χ1n) is 4.43. The average molecular weight is 155 g/mol. The van der Waals surface area contributed by atoms with E-state index in [4.69, 9.17) is 4.42 Å². The Labute approximate surface area is 82.8 Å². The number of hydrogen-bond acceptors (Lipinski definition) is 1. The predicted octanol–water partition coefficient (Wildman–Crippen LogP) is -4.46. The quantitative estimate of drug-likeness (QED) is 0.378. The zero-order valence-corrected chi connectivity index (χ0v) is 7.87. The topological polar surface area (TPSA) is 13.1 Å². The Morgan fingerprint density at radius 1 is 1.23 bits per heavy atom. The van der Waals surface area contributed by atoms with Crippen molar-refractivity contribution in [2.75, 3.05) is 0 Å². The van der Waals surface area contributed by atoms with Crippen LogP contribution in [0.2, 0.25) is 0 Å². The molecule has 0 aliphatic carbocycles.